The Morgan fingerprint density at radius 3 is 2.70 bits per heavy atom. The number of aromatic hydroxyl groups is 1. The fourth-order valence-electron chi connectivity index (χ4n) is 4.02. The van der Waals surface area contributed by atoms with E-state index in [-0.39, 0.29) is 35.2 Å². The van der Waals surface area contributed by atoms with E-state index in [1.54, 1.807) is 29.2 Å². The fraction of sp³-hybridized carbons (Fsp3) is 0.350. The summed E-state index contributed by atoms with van der Waals surface area (Å²) < 4.78 is 26.9. The number of hydrazine groups is 1. The van der Waals surface area contributed by atoms with Crippen molar-refractivity contribution in [3.63, 3.8) is 0 Å². The first-order valence-electron chi connectivity index (χ1n) is 8.99. The number of nitrogens with zero attached hydrogens (tertiary/aromatic N) is 1. The number of phenols is 1. The predicted octanol–water partition coefficient (Wildman–Crippen LogP) is 2.66. The molecule has 142 valence electrons. The first-order valence-corrected chi connectivity index (χ1v) is 8.99. The van der Waals surface area contributed by atoms with E-state index in [0.717, 1.165) is 18.1 Å². The Balaban J connectivity index is 1.55. The molecule has 7 heteroatoms. The number of phenolic OH excluding ortho intramolecular Hbond substituents is 1. The Labute approximate surface area is 156 Å². The zero-order chi connectivity index (χ0) is 19.1. The fourth-order valence-corrected chi connectivity index (χ4v) is 4.02. The van der Waals surface area contributed by atoms with Crippen molar-refractivity contribution in [2.45, 2.75) is 25.4 Å². The lowest BCUT2D eigenvalue weighted by Gasteiger charge is -2.36. The van der Waals surface area contributed by atoms with Crippen LogP contribution in [0.15, 0.2) is 36.4 Å². The van der Waals surface area contributed by atoms with E-state index < -0.39 is 11.6 Å². The Morgan fingerprint density at radius 1 is 1.15 bits per heavy atom. The largest absolute Gasteiger partial charge is 0.507 e. The molecule has 4 rings (SSSR count). The zero-order valence-corrected chi connectivity index (χ0v) is 14.9. The van der Waals surface area contributed by atoms with Gasteiger partial charge in [0.25, 0.3) is 5.91 Å². The molecule has 0 radical (unpaired) electrons. The minimum atomic E-state index is -0.883. The van der Waals surface area contributed by atoms with Gasteiger partial charge in [0.05, 0.1) is 11.6 Å². The molecule has 2 aliphatic rings. The number of hydrogen-bond acceptors (Lipinski definition) is 4. The van der Waals surface area contributed by atoms with Crippen molar-refractivity contribution in [1.29, 1.82) is 0 Å². The summed E-state index contributed by atoms with van der Waals surface area (Å²) in [6.07, 6.45) is 0.732. The van der Waals surface area contributed by atoms with E-state index in [1.165, 1.54) is 6.07 Å². The molecule has 2 aromatic rings. The van der Waals surface area contributed by atoms with E-state index in [0.29, 0.717) is 18.7 Å². The van der Waals surface area contributed by atoms with E-state index >= 15 is 0 Å². The normalized spacial score (nSPS) is 24.7. The summed E-state index contributed by atoms with van der Waals surface area (Å²) in [5.41, 5.74) is 8.16. The molecule has 0 bridgehead atoms. The smallest absolute Gasteiger partial charge is 0.257 e. The molecule has 3 unspecified atom stereocenters. The molecule has 0 aromatic heterocycles. The van der Waals surface area contributed by atoms with Crippen LogP contribution in [-0.2, 0) is 0 Å². The van der Waals surface area contributed by atoms with Gasteiger partial charge in [0, 0.05) is 25.0 Å². The van der Waals surface area contributed by atoms with Crippen LogP contribution in [0.5, 0.6) is 5.75 Å². The summed E-state index contributed by atoms with van der Waals surface area (Å²) in [5.74, 6) is -1.99. The second-order valence-electron chi connectivity index (χ2n) is 7.27. The highest BCUT2D eigenvalue weighted by molar-refractivity contribution is 5.97. The van der Waals surface area contributed by atoms with Crippen molar-refractivity contribution in [2.75, 3.05) is 13.1 Å². The summed E-state index contributed by atoms with van der Waals surface area (Å²) in [6, 6.07) is 8.79. The molecular formula is C20H21F2N3O2. The van der Waals surface area contributed by atoms with Gasteiger partial charge in [-0.25, -0.2) is 14.2 Å². The molecule has 27 heavy (non-hydrogen) atoms. The highest BCUT2D eigenvalue weighted by Crippen LogP contribution is 2.35. The number of aryl methyl sites for hydroxylation is 1. The number of rotatable bonds is 2. The first kappa shape index (κ1) is 17.9. The van der Waals surface area contributed by atoms with E-state index in [1.807, 2.05) is 6.92 Å². The van der Waals surface area contributed by atoms with E-state index in [4.69, 9.17) is 0 Å². The minimum absolute atomic E-state index is 0.0140. The van der Waals surface area contributed by atoms with Crippen LogP contribution in [0, 0.1) is 24.5 Å². The number of halogens is 2. The summed E-state index contributed by atoms with van der Waals surface area (Å²) in [5, 5.41) is 10.1. The van der Waals surface area contributed by atoms with Gasteiger partial charge in [0.1, 0.15) is 5.75 Å². The molecular weight excluding hydrogens is 352 g/mol. The maximum atomic E-state index is 13.6. The monoisotopic (exact) mass is 373 g/mol. The third kappa shape index (κ3) is 3.28. The predicted molar refractivity (Wildman–Crippen MR) is 96.0 cm³/mol. The van der Waals surface area contributed by atoms with Crippen LogP contribution in [0.1, 0.15) is 33.9 Å². The van der Waals surface area contributed by atoms with Crippen molar-refractivity contribution >= 4 is 5.91 Å². The zero-order valence-electron chi connectivity index (χ0n) is 14.9. The summed E-state index contributed by atoms with van der Waals surface area (Å²) >= 11 is 0. The number of likely N-dealkylation sites (tertiary alicyclic amines) is 1. The van der Waals surface area contributed by atoms with E-state index in [2.05, 4.69) is 10.9 Å². The van der Waals surface area contributed by atoms with Crippen molar-refractivity contribution in [1.82, 2.24) is 15.8 Å². The van der Waals surface area contributed by atoms with Gasteiger partial charge >= 0.3 is 0 Å². The highest BCUT2D eigenvalue weighted by Gasteiger charge is 2.42. The van der Waals surface area contributed by atoms with Crippen molar-refractivity contribution in [3.8, 4) is 5.75 Å². The first-order chi connectivity index (χ1) is 12.9. The third-order valence-corrected chi connectivity index (χ3v) is 5.48. The van der Waals surface area contributed by atoms with Crippen molar-refractivity contribution < 1.29 is 18.7 Å². The van der Waals surface area contributed by atoms with Crippen LogP contribution in [0.25, 0.3) is 0 Å². The standard InChI is InChI=1S/C20H21F2N3O2/c1-11-2-4-13(18(26)8-11)20(27)25-7-6-17-14(10-25)19(24-23-17)12-3-5-15(21)16(22)9-12/h2-5,8-9,14,17,19,23-24,26H,6-7,10H2,1H3. The second-order valence-corrected chi connectivity index (χ2v) is 7.27. The summed E-state index contributed by atoms with van der Waals surface area (Å²) in [4.78, 5) is 14.6. The van der Waals surface area contributed by atoms with E-state index in [9.17, 15) is 18.7 Å². The van der Waals surface area contributed by atoms with Gasteiger partial charge in [-0.3, -0.25) is 10.2 Å². The minimum Gasteiger partial charge on any atom is -0.507 e. The van der Waals surface area contributed by atoms with Crippen LogP contribution in [0.3, 0.4) is 0 Å². The van der Waals surface area contributed by atoms with Gasteiger partial charge in [-0.1, -0.05) is 12.1 Å². The SMILES string of the molecule is Cc1ccc(C(=O)N2CCC3NNC(c4ccc(F)c(F)c4)C3C2)c(O)c1. The molecule has 0 spiro atoms. The Kier molecular flexibility index (Phi) is 4.57. The number of fused-ring (bicyclic) bond motifs is 1. The average Bonchev–Trinajstić information content (AvgIpc) is 3.06. The number of piperidine rings is 1. The van der Waals surface area contributed by atoms with Gasteiger partial charge in [0.15, 0.2) is 11.6 Å². The number of carbonyl (C=O) groups excluding carboxylic acids is 1. The number of carbonyl (C=O) groups is 1. The van der Waals surface area contributed by atoms with Crippen LogP contribution in [0.2, 0.25) is 0 Å². The quantitative estimate of drug-likeness (QED) is 0.757. The topological polar surface area (TPSA) is 64.6 Å². The lowest BCUT2D eigenvalue weighted by atomic mass is 9.85. The molecule has 0 aliphatic carbocycles. The van der Waals surface area contributed by atoms with Crippen LogP contribution < -0.4 is 10.9 Å². The molecule has 3 N–H and O–H groups in total. The maximum absolute atomic E-state index is 13.6. The number of nitrogens with one attached hydrogen (secondary N) is 2. The van der Waals surface area contributed by atoms with Crippen LogP contribution in [-0.4, -0.2) is 35.0 Å². The maximum Gasteiger partial charge on any atom is 0.257 e. The molecule has 0 saturated carbocycles. The highest BCUT2D eigenvalue weighted by atomic mass is 19.2. The van der Waals surface area contributed by atoms with Crippen molar-refractivity contribution in [2.24, 2.45) is 5.92 Å². The third-order valence-electron chi connectivity index (χ3n) is 5.48. The molecule has 2 fully saturated rings. The summed E-state index contributed by atoms with van der Waals surface area (Å²) in [7, 11) is 0. The average molecular weight is 373 g/mol. The molecule has 3 atom stereocenters. The van der Waals surface area contributed by atoms with Crippen LogP contribution in [0.4, 0.5) is 8.78 Å². The van der Waals surface area contributed by atoms with Gasteiger partial charge in [-0.05, 0) is 48.7 Å². The molecule has 2 saturated heterocycles. The van der Waals surface area contributed by atoms with Crippen LogP contribution >= 0.6 is 0 Å². The van der Waals surface area contributed by atoms with Gasteiger partial charge in [0.2, 0.25) is 0 Å². The Hall–Kier alpha value is -2.51. The molecule has 2 heterocycles. The molecule has 5 nitrogen and oxygen atoms in total. The molecule has 1 amide bonds. The lowest BCUT2D eigenvalue weighted by Crippen LogP contribution is -2.47. The van der Waals surface area contributed by atoms with Gasteiger partial charge < -0.3 is 10.0 Å². The van der Waals surface area contributed by atoms with Gasteiger partial charge in [-0.15, -0.1) is 0 Å². The lowest BCUT2D eigenvalue weighted by molar-refractivity contribution is 0.0649. The number of benzene rings is 2. The Morgan fingerprint density at radius 2 is 1.96 bits per heavy atom. The summed E-state index contributed by atoms with van der Waals surface area (Å²) in [6.45, 7) is 2.87. The molecule has 2 aromatic carbocycles. The number of amides is 1. The molecule has 2 aliphatic heterocycles. The Bertz CT molecular complexity index is 890. The van der Waals surface area contributed by atoms with Crippen molar-refractivity contribution in [3.05, 3.63) is 64.7 Å². The van der Waals surface area contributed by atoms with Gasteiger partial charge in [-0.2, -0.15) is 0 Å². The second kappa shape index (κ2) is 6.90. The number of hydrogen-bond donors (Lipinski definition) is 3.